The van der Waals surface area contributed by atoms with E-state index in [9.17, 15) is 19.1 Å². The Balaban J connectivity index is 1.65. The Morgan fingerprint density at radius 2 is 2.00 bits per heavy atom. The maximum Gasteiger partial charge on any atom is 0.251 e. The Hall–Kier alpha value is -3.30. The number of ether oxygens (including phenoxy) is 1. The average Bonchev–Trinajstić information content (AvgIpc) is 3.03. The van der Waals surface area contributed by atoms with Crippen molar-refractivity contribution in [3.8, 4) is 0 Å². The average molecular weight is 497 g/mol. The summed E-state index contributed by atoms with van der Waals surface area (Å²) in [6.45, 7) is 5.60. The third-order valence-electron chi connectivity index (χ3n) is 6.85. The number of nitrogens with one attached hydrogen (secondary N) is 3. The lowest BCUT2D eigenvalue weighted by molar-refractivity contribution is -0.132. The zero-order chi connectivity index (χ0) is 26.3. The van der Waals surface area contributed by atoms with E-state index in [2.05, 4.69) is 10.6 Å². The Morgan fingerprint density at radius 1 is 1.28 bits per heavy atom. The van der Waals surface area contributed by atoms with Gasteiger partial charge in [0.15, 0.2) is 5.96 Å². The third kappa shape index (κ3) is 5.12. The van der Waals surface area contributed by atoms with Crippen LogP contribution in [-0.4, -0.2) is 52.6 Å². The van der Waals surface area contributed by atoms with Gasteiger partial charge >= 0.3 is 0 Å². The predicted molar refractivity (Wildman–Crippen MR) is 133 cm³/mol. The lowest BCUT2D eigenvalue weighted by atomic mass is 9.93. The molecule has 0 spiro atoms. The standard InChI is InChI=1S/C27H33FN4O4/c1-26(2)15-22(33)32(25(29)31-26)21(9-10-36-4)17-11-18(13-19(28)12-17)24(34)30-23-20-8-6-5-7-16(20)14-27(23,3)35/h5-8,11-13,21,23,35H,9-10,14-15H2,1-4H3,(H2,29,31)(H,30,34)/t21?,23-,27+/m1/s1. The zero-order valence-electron chi connectivity index (χ0n) is 21.0. The van der Waals surface area contributed by atoms with Crippen LogP contribution in [0.15, 0.2) is 42.5 Å². The molecule has 36 heavy (non-hydrogen) atoms. The van der Waals surface area contributed by atoms with E-state index in [1.807, 2.05) is 38.1 Å². The minimum Gasteiger partial charge on any atom is -0.387 e. The van der Waals surface area contributed by atoms with E-state index in [0.29, 0.717) is 18.4 Å². The maximum absolute atomic E-state index is 14.8. The Bertz CT molecular complexity index is 1180. The topological polar surface area (TPSA) is 115 Å². The van der Waals surface area contributed by atoms with Gasteiger partial charge in [-0.15, -0.1) is 0 Å². The van der Waals surface area contributed by atoms with Crippen LogP contribution in [-0.2, 0) is 16.0 Å². The van der Waals surface area contributed by atoms with Crippen molar-refractivity contribution in [2.24, 2.45) is 0 Å². The molecule has 1 fully saturated rings. The summed E-state index contributed by atoms with van der Waals surface area (Å²) in [6.07, 6.45) is 0.865. The highest BCUT2D eigenvalue weighted by molar-refractivity contribution is 5.99. The summed E-state index contributed by atoms with van der Waals surface area (Å²) in [5, 5.41) is 25.3. The quantitative estimate of drug-likeness (QED) is 0.470. The summed E-state index contributed by atoms with van der Waals surface area (Å²) in [5.41, 5.74) is 0.464. The molecule has 8 nitrogen and oxygen atoms in total. The molecule has 0 bridgehead atoms. The smallest absolute Gasteiger partial charge is 0.251 e. The first kappa shape index (κ1) is 25.8. The normalized spacial score (nSPS) is 23.7. The molecule has 0 aromatic heterocycles. The van der Waals surface area contributed by atoms with Crippen LogP contribution in [0, 0.1) is 11.2 Å². The molecule has 2 aromatic carbocycles. The van der Waals surface area contributed by atoms with E-state index in [1.54, 1.807) is 6.92 Å². The van der Waals surface area contributed by atoms with Crippen molar-refractivity contribution >= 4 is 17.8 Å². The monoisotopic (exact) mass is 496 g/mol. The fourth-order valence-electron chi connectivity index (χ4n) is 5.20. The SMILES string of the molecule is COCCC(c1cc(F)cc(C(=O)N[C@@H]2c3ccccc3C[C@]2(C)O)c1)N1C(=N)NC(C)(C)CC1=O. The minimum absolute atomic E-state index is 0.0666. The van der Waals surface area contributed by atoms with E-state index in [0.717, 1.165) is 17.2 Å². The number of aliphatic hydroxyl groups is 1. The van der Waals surface area contributed by atoms with Gasteiger partial charge in [0.25, 0.3) is 5.91 Å². The molecule has 4 rings (SSSR count). The van der Waals surface area contributed by atoms with Crippen LogP contribution in [0.3, 0.4) is 0 Å². The van der Waals surface area contributed by atoms with Gasteiger partial charge in [0.1, 0.15) is 5.82 Å². The van der Waals surface area contributed by atoms with Gasteiger partial charge in [0.2, 0.25) is 5.91 Å². The van der Waals surface area contributed by atoms with Crippen LogP contribution in [0.1, 0.15) is 72.7 Å². The summed E-state index contributed by atoms with van der Waals surface area (Å²) < 4.78 is 20.0. The van der Waals surface area contributed by atoms with Crippen LogP contribution < -0.4 is 10.6 Å². The molecule has 192 valence electrons. The number of nitrogens with zero attached hydrogens (tertiary/aromatic N) is 1. The number of halogens is 1. The number of hydrogen-bond donors (Lipinski definition) is 4. The van der Waals surface area contributed by atoms with Crippen molar-refractivity contribution in [2.75, 3.05) is 13.7 Å². The fourth-order valence-corrected chi connectivity index (χ4v) is 5.20. The lowest BCUT2D eigenvalue weighted by Gasteiger charge is -2.42. The Kier molecular flexibility index (Phi) is 6.90. The van der Waals surface area contributed by atoms with Gasteiger partial charge in [-0.1, -0.05) is 24.3 Å². The molecule has 1 aliphatic carbocycles. The minimum atomic E-state index is -1.19. The second-order valence-corrected chi connectivity index (χ2v) is 10.5. The molecule has 1 saturated heterocycles. The van der Waals surface area contributed by atoms with Gasteiger partial charge in [0, 0.05) is 37.7 Å². The van der Waals surface area contributed by atoms with E-state index in [-0.39, 0.29) is 30.5 Å². The highest BCUT2D eigenvalue weighted by atomic mass is 19.1. The summed E-state index contributed by atoms with van der Waals surface area (Å²) in [7, 11) is 1.53. The number of benzene rings is 2. The molecule has 1 unspecified atom stereocenters. The first-order valence-corrected chi connectivity index (χ1v) is 12.0. The second-order valence-electron chi connectivity index (χ2n) is 10.5. The van der Waals surface area contributed by atoms with Crippen molar-refractivity contribution in [1.29, 1.82) is 5.41 Å². The second kappa shape index (κ2) is 9.63. The van der Waals surface area contributed by atoms with Crippen LogP contribution in [0.4, 0.5) is 4.39 Å². The van der Waals surface area contributed by atoms with Crippen LogP contribution in [0.25, 0.3) is 0 Å². The summed E-state index contributed by atoms with van der Waals surface area (Å²) in [6, 6.07) is 10.1. The van der Waals surface area contributed by atoms with Gasteiger partial charge in [-0.25, -0.2) is 4.39 Å². The molecule has 1 aliphatic heterocycles. The third-order valence-corrected chi connectivity index (χ3v) is 6.85. The molecular formula is C27H33FN4O4. The molecular weight excluding hydrogens is 463 g/mol. The Labute approximate surface area is 210 Å². The molecule has 9 heteroatoms. The van der Waals surface area contributed by atoms with E-state index >= 15 is 0 Å². The lowest BCUT2D eigenvalue weighted by Crippen LogP contribution is -2.60. The number of carbonyl (C=O) groups is 2. The van der Waals surface area contributed by atoms with Gasteiger partial charge in [-0.05, 0) is 62.1 Å². The largest absolute Gasteiger partial charge is 0.387 e. The molecule has 0 radical (unpaired) electrons. The summed E-state index contributed by atoms with van der Waals surface area (Å²) in [5.74, 6) is -1.52. The van der Waals surface area contributed by atoms with Crippen molar-refractivity contribution < 1.29 is 23.8 Å². The number of hydrogen-bond acceptors (Lipinski definition) is 5. The highest BCUT2D eigenvalue weighted by Crippen LogP contribution is 2.39. The molecule has 2 amide bonds. The number of rotatable bonds is 7. The van der Waals surface area contributed by atoms with Crippen molar-refractivity contribution in [1.82, 2.24) is 15.5 Å². The van der Waals surface area contributed by atoms with Crippen LogP contribution in [0.5, 0.6) is 0 Å². The number of methoxy groups -OCH3 is 1. The first-order valence-electron chi connectivity index (χ1n) is 12.0. The number of guanidine groups is 1. The molecule has 1 heterocycles. The molecule has 2 aromatic rings. The van der Waals surface area contributed by atoms with Gasteiger partial charge < -0.3 is 20.5 Å². The summed E-state index contributed by atoms with van der Waals surface area (Å²) >= 11 is 0. The first-order chi connectivity index (χ1) is 16.9. The van der Waals surface area contributed by atoms with Crippen LogP contribution >= 0.6 is 0 Å². The van der Waals surface area contributed by atoms with E-state index in [4.69, 9.17) is 10.1 Å². The molecule has 3 atom stereocenters. The highest BCUT2D eigenvalue weighted by Gasteiger charge is 2.42. The van der Waals surface area contributed by atoms with E-state index < -0.39 is 34.9 Å². The molecule has 2 aliphatic rings. The van der Waals surface area contributed by atoms with Crippen LogP contribution in [0.2, 0.25) is 0 Å². The zero-order valence-corrected chi connectivity index (χ0v) is 21.0. The van der Waals surface area contributed by atoms with Crippen molar-refractivity contribution in [3.05, 3.63) is 70.5 Å². The molecule has 0 saturated carbocycles. The molecule has 4 N–H and O–H groups in total. The van der Waals surface area contributed by atoms with E-state index in [1.165, 1.54) is 24.1 Å². The van der Waals surface area contributed by atoms with Gasteiger partial charge in [-0.3, -0.25) is 19.9 Å². The van der Waals surface area contributed by atoms with Gasteiger partial charge in [0.05, 0.1) is 17.7 Å². The van der Waals surface area contributed by atoms with Gasteiger partial charge in [-0.2, -0.15) is 0 Å². The summed E-state index contributed by atoms with van der Waals surface area (Å²) in [4.78, 5) is 27.6. The van der Waals surface area contributed by atoms with Crippen molar-refractivity contribution in [2.45, 2.75) is 63.3 Å². The maximum atomic E-state index is 14.8. The number of amides is 2. The predicted octanol–water partition coefficient (Wildman–Crippen LogP) is 3.22. The fraction of sp³-hybridized carbons (Fsp3) is 0.444. The Morgan fingerprint density at radius 3 is 2.69 bits per heavy atom. The number of fused-ring (bicyclic) bond motifs is 1. The number of carbonyl (C=O) groups excluding carboxylic acids is 2. The van der Waals surface area contributed by atoms with Crippen molar-refractivity contribution in [3.63, 3.8) is 0 Å².